The van der Waals surface area contributed by atoms with Gasteiger partial charge in [0, 0.05) is 39.4 Å². The molecule has 0 aliphatic carbocycles. The molecule has 1 aliphatic rings. The third-order valence-electron chi connectivity index (χ3n) is 6.23. The summed E-state index contributed by atoms with van der Waals surface area (Å²) in [7, 11) is 3.36. The lowest BCUT2D eigenvalue weighted by molar-refractivity contribution is -0.0964. The molecule has 0 spiro atoms. The maximum absolute atomic E-state index is 13.0. The highest BCUT2D eigenvalue weighted by Gasteiger charge is 2.43. The normalized spacial score (nSPS) is 19.5. The van der Waals surface area contributed by atoms with Crippen LogP contribution in [0.2, 0.25) is 0 Å². The number of methoxy groups -OCH3 is 1. The average Bonchev–Trinajstić information content (AvgIpc) is 2.81. The first-order valence-electron chi connectivity index (χ1n) is 10.7. The van der Waals surface area contributed by atoms with Crippen LogP contribution in [0.1, 0.15) is 30.5 Å². The van der Waals surface area contributed by atoms with Crippen LogP contribution in [-0.4, -0.2) is 35.8 Å². The topological polar surface area (TPSA) is 60.8 Å². The molecule has 1 aromatic heterocycles. The van der Waals surface area contributed by atoms with Crippen molar-refractivity contribution in [3.63, 3.8) is 0 Å². The Kier molecular flexibility index (Phi) is 6.15. The second kappa shape index (κ2) is 9.01. The number of cyclic esters (lactones) is 1. The van der Waals surface area contributed by atoms with E-state index in [1.807, 2.05) is 73.8 Å². The predicted octanol–water partition coefficient (Wildman–Crippen LogP) is 4.50. The molecule has 2 aromatic carbocycles. The smallest absolute Gasteiger partial charge is 0.411 e. The molecular formula is C26H28N2O4. The van der Waals surface area contributed by atoms with Gasteiger partial charge in [0.15, 0.2) is 5.60 Å². The number of aromatic nitrogens is 1. The molecule has 0 saturated carbocycles. The van der Waals surface area contributed by atoms with Gasteiger partial charge >= 0.3 is 6.09 Å². The molecule has 2 unspecified atom stereocenters. The van der Waals surface area contributed by atoms with Gasteiger partial charge in [0.25, 0.3) is 0 Å². The summed E-state index contributed by atoms with van der Waals surface area (Å²) in [6, 6.07) is 21.1. The zero-order valence-electron chi connectivity index (χ0n) is 18.7. The molecule has 32 heavy (non-hydrogen) atoms. The number of rotatable bonds is 6. The molecule has 6 nitrogen and oxygen atoms in total. The monoisotopic (exact) mass is 432 g/mol. The van der Waals surface area contributed by atoms with Crippen LogP contribution in [0.3, 0.4) is 0 Å². The fourth-order valence-corrected chi connectivity index (χ4v) is 4.28. The molecule has 0 N–H and O–H groups in total. The molecule has 4 rings (SSSR count). The number of carbonyl (C=O) groups excluding carboxylic acids is 1. The van der Waals surface area contributed by atoms with Crippen LogP contribution in [0.15, 0.2) is 77.7 Å². The summed E-state index contributed by atoms with van der Waals surface area (Å²) < 4.78 is 13.0. The zero-order chi connectivity index (χ0) is 22.7. The van der Waals surface area contributed by atoms with Crippen LogP contribution in [0.25, 0.3) is 11.1 Å². The third kappa shape index (κ3) is 4.18. The van der Waals surface area contributed by atoms with E-state index >= 15 is 0 Å². The van der Waals surface area contributed by atoms with E-state index in [1.165, 1.54) is 0 Å². The minimum Gasteiger partial charge on any atom is -0.435 e. The Morgan fingerprint density at radius 3 is 2.31 bits per heavy atom. The number of nitrogens with zero attached hydrogens (tertiary/aromatic N) is 2. The van der Waals surface area contributed by atoms with Gasteiger partial charge in [-0.25, -0.2) is 4.79 Å². The summed E-state index contributed by atoms with van der Waals surface area (Å²) in [6.45, 7) is 2.90. The molecule has 3 aromatic rings. The van der Waals surface area contributed by atoms with Crippen molar-refractivity contribution in [1.82, 2.24) is 9.47 Å². The van der Waals surface area contributed by atoms with Gasteiger partial charge in [0.2, 0.25) is 5.56 Å². The first kappa shape index (κ1) is 21.8. The number of ether oxygens (including phenoxy) is 2. The van der Waals surface area contributed by atoms with Crippen LogP contribution in [0.5, 0.6) is 0 Å². The van der Waals surface area contributed by atoms with Crippen molar-refractivity contribution in [3.8, 4) is 11.1 Å². The standard InChI is InChI=1S/C26H28N2O4/c1-19(20-9-11-21(12-10-20)22-13-14-24(29)27(2)17-22)28-16-15-26(18-31-3,32-25(28)30)23-7-5-4-6-8-23/h4-14,17,19H,15-16,18H2,1-3H3. The summed E-state index contributed by atoms with van der Waals surface area (Å²) in [5.74, 6) is 0. The lowest BCUT2D eigenvalue weighted by Crippen LogP contribution is -2.50. The highest BCUT2D eigenvalue weighted by atomic mass is 16.6. The van der Waals surface area contributed by atoms with Crippen LogP contribution < -0.4 is 5.56 Å². The third-order valence-corrected chi connectivity index (χ3v) is 6.23. The molecule has 0 radical (unpaired) electrons. The first-order valence-corrected chi connectivity index (χ1v) is 10.7. The maximum atomic E-state index is 13.0. The fraction of sp³-hybridized carbons (Fsp3) is 0.308. The summed E-state index contributed by atoms with van der Waals surface area (Å²) in [5, 5.41) is 0. The minimum atomic E-state index is -0.767. The Labute approximate surface area is 188 Å². The molecule has 6 heteroatoms. The van der Waals surface area contributed by atoms with Gasteiger partial charge in [-0.2, -0.15) is 0 Å². The molecule has 1 aliphatic heterocycles. The second-order valence-corrected chi connectivity index (χ2v) is 8.27. The second-order valence-electron chi connectivity index (χ2n) is 8.27. The Morgan fingerprint density at radius 2 is 1.69 bits per heavy atom. The van der Waals surface area contributed by atoms with E-state index in [0.717, 1.165) is 22.3 Å². The number of benzene rings is 2. The van der Waals surface area contributed by atoms with Crippen molar-refractivity contribution in [3.05, 3.63) is 94.4 Å². The van der Waals surface area contributed by atoms with E-state index in [0.29, 0.717) is 19.6 Å². The lowest BCUT2D eigenvalue weighted by Gasteiger charge is -2.43. The molecule has 1 saturated heterocycles. The van der Waals surface area contributed by atoms with E-state index < -0.39 is 5.60 Å². The van der Waals surface area contributed by atoms with Crippen LogP contribution in [-0.2, 0) is 22.1 Å². The van der Waals surface area contributed by atoms with Crippen molar-refractivity contribution < 1.29 is 14.3 Å². The van der Waals surface area contributed by atoms with Crippen molar-refractivity contribution in [2.24, 2.45) is 7.05 Å². The van der Waals surface area contributed by atoms with Gasteiger partial charge in [0.05, 0.1) is 12.6 Å². The summed E-state index contributed by atoms with van der Waals surface area (Å²) >= 11 is 0. The van der Waals surface area contributed by atoms with Crippen molar-refractivity contribution in [2.75, 3.05) is 20.3 Å². The maximum Gasteiger partial charge on any atom is 0.411 e. The van der Waals surface area contributed by atoms with Crippen LogP contribution in [0, 0.1) is 0 Å². The van der Waals surface area contributed by atoms with E-state index in [1.54, 1.807) is 29.7 Å². The quantitative estimate of drug-likeness (QED) is 0.576. The largest absolute Gasteiger partial charge is 0.435 e. The number of amides is 1. The molecule has 166 valence electrons. The Hall–Kier alpha value is -3.38. The Morgan fingerprint density at radius 1 is 1.00 bits per heavy atom. The van der Waals surface area contributed by atoms with E-state index in [9.17, 15) is 9.59 Å². The van der Waals surface area contributed by atoms with E-state index in [-0.39, 0.29) is 17.7 Å². The van der Waals surface area contributed by atoms with Crippen molar-refractivity contribution in [2.45, 2.75) is 25.0 Å². The fourth-order valence-electron chi connectivity index (χ4n) is 4.28. The van der Waals surface area contributed by atoms with Gasteiger partial charge < -0.3 is 18.9 Å². The number of aryl methyl sites for hydroxylation is 1. The SMILES string of the molecule is COCC1(c2ccccc2)CCN(C(C)c2ccc(-c3ccc(=O)n(C)c3)cc2)C(=O)O1. The minimum absolute atomic E-state index is 0.0392. The van der Waals surface area contributed by atoms with Gasteiger partial charge in [-0.1, -0.05) is 54.6 Å². The molecule has 2 heterocycles. The van der Waals surface area contributed by atoms with Gasteiger partial charge in [-0.3, -0.25) is 4.79 Å². The number of hydrogen-bond acceptors (Lipinski definition) is 4. The number of hydrogen-bond donors (Lipinski definition) is 0. The van der Waals surface area contributed by atoms with Crippen LogP contribution in [0.4, 0.5) is 4.79 Å². The first-order chi connectivity index (χ1) is 15.4. The molecule has 1 fully saturated rings. The van der Waals surface area contributed by atoms with Crippen LogP contribution >= 0.6 is 0 Å². The van der Waals surface area contributed by atoms with E-state index in [2.05, 4.69) is 0 Å². The van der Waals surface area contributed by atoms with Crippen molar-refractivity contribution in [1.29, 1.82) is 0 Å². The van der Waals surface area contributed by atoms with Gasteiger partial charge in [0.1, 0.15) is 0 Å². The molecule has 2 atom stereocenters. The molecule has 0 bridgehead atoms. The number of carbonyl (C=O) groups is 1. The Balaban J connectivity index is 1.51. The summed E-state index contributed by atoms with van der Waals surface area (Å²) in [6.07, 6.45) is 2.13. The van der Waals surface area contributed by atoms with Gasteiger partial charge in [-0.15, -0.1) is 0 Å². The van der Waals surface area contributed by atoms with Crippen molar-refractivity contribution >= 4 is 6.09 Å². The highest BCUT2D eigenvalue weighted by Crippen LogP contribution is 2.37. The van der Waals surface area contributed by atoms with E-state index in [4.69, 9.17) is 9.47 Å². The lowest BCUT2D eigenvalue weighted by atomic mass is 9.89. The summed E-state index contributed by atoms with van der Waals surface area (Å²) in [4.78, 5) is 26.4. The Bertz CT molecular complexity index is 1140. The molecular weight excluding hydrogens is 404 g/mol. The zero-order valence-corrected chi connectivity index (χ0v) is 18.7. The summed E-state index contributed by atoms with van der Waals surface area (Å²) in [5.41, 5.74) is 3.15. The average molecular weight is 433 g/mol. The van der Waals surface area contributed by atoms with Gasteiger partial charge in [-0.05, 0) is 35.2 Å². The molecule has 1 amide bonds. The highest BCUT2D eigenvalue weighted by molar-refractivity contribution is 5.70. The predicted molar refractivity (Wildman–Crippen MR) is 123 cm³/mol. The number of pyridine rings is 1.